The number of carbonyl (C=O) groups is 1. The molecule has 2 nitrogen and oxygen atoms in total. The van der Waals surface area contributed by atoms with Gasteiger partial charge in [-0.2, -0.15) is 0 Å². The minimum atomic E-state index is 0.0271. The summed E-state index contributed by atoms with van der Waals surface area (Å²) < 4.78 is 0. The SMILES string of the molecule is CSc1ccccc1N1C(=O)c2ccccc2C1=Cc1ccccc1. The summed E-state index contributed by atoms with van der Waals surface area (Å²) in [5.74, 6) is 0.0271. The predicted octanol–water partition coefficient (Wildman–Crippen LogP) is 5.57. The summed E-state index contributed by atoms with van der Waals surface area (Å²) in [4.78, 5) is 16.1. The van der Waals surface area contributed by atoms with Crippen LogP contribution in [0, 0.1) is 0 Å². The number of anilines is 1. The molecule has 3 heteroatoms. The van der Waals surface area contributed by atoms with E-state index in [4.69, 9.17) is 0 Å². The van der Waals surface area contributed by atoms with Gasteiger partial charge < -0.3 is 0 Å². The van der Waals surface area contributed by atoms with Crippen molar-refractivity contribution in [1.29, 1.82) is 0 Å². The summed E-state index contributed by atoms with van der Waals surface area (Å²) >= 11 is 1.65. The normalized spacial score (nSPS) is 14.8. The molecular weight excluding hydrogens is 326 g/mol. The van der Waals surface area contributed by atoms with Gasteiger partial charge in [0.2, 0.25) is 0 Å². The van der Waals surface area contributed by atoms with Crippen LogP contribution in [0.15, 0.2) is 83.8 Å². The number of hydrogen-bond donors (Lipinski definition) is 0. The zero-order valence-electron chi connectivity index (χ0n) is 13.8. The second kappa shape index (κ2) is 6.61. The van der Waals surface area contributed by atoms with Crippen LogP contribution in [-0.2, 0) is 0 Å². The molecule has 4 rings (SSSR count). The molecule has 0 aromatic heterocycles. The number of hydrogen-bond acceptors (Lipinski definition) is 2. The fourth-order valence-corrected chi connectivity index (χ4v) is 3.73. The van der Waals surface area contributed by atoms with Gasteiger partial charge in [0.1, 0.15) is 0 Å². The van der Waals surface area contributed by atoms with Crippen LogP contribution in [-0.4, -0.2) is 12.2 Å². The maximum Gasteiger partial charge on any atom is 0.263 e. The first kappa shape index (κ1) is 15.7. The van der Waals surface area contributed by atoms with Crippen molar-refractivity contribution in [3.63, 3.8) is 0 Å². The highest BCUT2D eigenvalue weighted by molar-refractivity contribution is 7.98. The molecule has 1 aliphatic heterocycles. The average Bonchev–Trinajstić information content (AvgIpc) is 2.95. The predicted molar refractivity (Wildman–Crippen MR) is 106 cm³/mol. The van der Waals surface area contributed by atoms with E-state index in [9.17, 15) is 4.79 Å². The molecular formula is C22H17NOS. The van der Waals surface area contributed by atoms with Gasteiger partial charge in [-0.25, -0.2) is 0 Å². The van der Waals surface area contributed by atoms with E-state index >= 15 is 0 Å². The maximum absolute atomic E-state index is 13.1. The van der Waals surface area contributed by atoms with Gasteiger partial charge in [-0.3, -0.25) is 9.69 Å². The lowest BCUT2D eigenvalue weighted by atomic mass is 10.1. The summed E-state index contributed by atoms with van der Waals surface area (Å²) in [5, 5.41) is 0. The second-order valence-electron chi connectivity index (χ2n) is 5.80. The molecule has 0 unspecified atom stereocenters. The van der Waals surface area contributed by atoms with E-state index < -0.39 is 0 Å². The lowest BCUT2D eigenvalue weighted by Crippen LogP contribution is -2.22. The molecule has 0 bridgehead atoms. The number of para-hydroxylation sites is 1. The quantitative estimate of drug-likeness (QED) is 0.580. The van der Waals surface area contributed by atoms with E-state index in [1.54, 1.807) is 11.8 Å². The molecule has 1 heterocycles. The molecule has 0 radical (unpaired) electrons. The fourth-order valence-electron chi connectivity index (χ4n) is 3.15. The van der Waals surface area contributed by atoms with Crippen LogP contribution in [0.25, 0.3) is 11.8 Å². The van der Waals surface area contributed by atoms with Crippen molar-refractivity contribution in [2.75, 3.05) is 11.2 Å². The number of carbonyl (C=O) groups excluding carboxylic acids is 1. The van der Waals surface area contributed by atoms with Crippen LogP contribution in [0.5, 0.6) is 0 Å². The van der Waals surface area contributed by atoms with Crippen molar-refractivity contribution >= 4 is 35.1 Å². The fraction of sp³-hybridized carbons (Fsp3) is 0.0455. The van der Waals surface area contributed by atoms with E-state index in [1.807, 2.05) is 71.8 Å². The van der Waals surface area contributed by atoms with Gasteiger partial charge in [-0.1, -0.05) is 60.7 Å². The molecule has 1 aliphatic rings. The van der Waals surface area contributed by atoms with E-state index in [2.05, 4.69) is 24.3 Å². The van der Waals surface area contributed by atoms with Gasteiger partial charge in [0.05, 0.1) is 11.4 Å². The highest BCUT2D eigenvalue weighted by Gasteiger charge is 2.34. The zero-order valence-corrected chi connectivity index (χ0v) is 14.7. The van der Waals surface area contributed by atoms with Crippen LogP contribution in [0.4, 0.5) is 5.69 Å². The molecule has 0 N–H and O–H groups in total. The van der Waals surface area contributed by atoms with Gasteiger partial charge in [0.25, 0.3) is 5.91 Å². The average molecular weight is 343 g/mol. The van der Waals surface area contributed by atoms with Gasteiger partial charge >= 0.3 is 0 Å². The molecule has 25 heavy (non-hydrogen) atoms. The van der Waals surface area contributed by atoms with Gasteiger partial charge in [0, 0.05) is 16.0 Å². The molecule has 3 aromatic carbocycles. The smallest absolute Gasteiger partial charge is 0.263 e. The van der Waals surface area contributed by atoms with Crippen LogP contribution < -0.4 is 4.90 Å². The summed E-state index contributed by atoms with van der Waals surface area (Å²) in [6.07, 6.45) is 4.12. The van der Waals surface area contributed by atoms with Crippen LogP contribution in [0.3, 0.4) is 0 Å². The zero-order chi connectivity index (χ0) is 17.2. The number of rotatable bonds is 3. The summed E-state index contributed by atoms with van der Waals surface area (Å²) in [6.45, 7) is 0. The molecule has 0 saturated heterocycles. The molecule has 122 valence electrons. The largest absolute Gasteiger partial charge is 0.275 e. The summed E-state index contributed by atoms with van der Waals surface area (Å²) in [6, 6.07) is 26.0. The Morgan fingerprint density at radius 2 is 1.44 bits per heavy atom. The molecule has 0 saturated carbocycles. The van der Waals surface area contributed by atoms with Crippen LogP contribution in [0.2, 0.25) is 0 Å². The lowest BCUT2D eigenvalue weighted by molar-refractivity contribution is 0.101. The van der Waals surface area contributed by atoms with E-state index in [-0.39, 0.29) is 5.91 Å². The second-order valence-corrected chi connectivity index (χ2v) is 6.65. The first-order valence-electron chi connectivity index (χ1n) is 8.13. The topological polar surface area (TPSA) is 20.3 Å². The number of nitrogens with zero attached hydrogens (tertiary/aromatic N) is 1. The van der Waals surface area contributed by atoms with E-state index in [0.29, 0.717) is 0 Å². The molecule has 3 aromatic rings. The van der Waals surface area contributed by atoms with E-state index in [0.717, 1.165) is 33.0 Å². The first-order valence-corrected chi connectivity index (χ1v) is 9.35. The Balaban J connectivity index is 1.93. The van der Waals surface area contributed by atoms with Gasteiger partial charge in [0.15, 0.2) is 0 Å². The van der Waals surface area contributed by atoms with Crippen molar-refractivity contribution in [3.8, 4) is 0 Å². The van der Waals surface area contributed by atoms with Crippen molar-refractivity contribution in [1.82, 2.24) is 0 Å². The van der Waals surface area contributed by atoms with Crippen molar-refractivity contribution in [2.24, 2.45) is 0 Å². The Bertz CT molecular complexity index is 963. The third kappa shape index (κ3) is 2.77. The van der Waals surface area contributed by atoms with Crippen LogP contribution >= 0.6 is 11.8 Å². The highest BCUT2D eigenvalue weighted by Crippen LogP contribution is 2.41. The molecule has 0 fully saturated rings. The standard InChI is InChI=1S/C22H17NOS/c1-25-21-14-8-7-13-19(21)23-20(15-16-9-3-2-4-10-16)17-11-5-6-12-18(17)22(23)24/h2-15H,1H3. The lowest BCUT2D eigenvalue weighted by Gasteiger charge is -2.21. The van der Waals surface area contributed by atoms with Crippen molar-refractivity contribution in [2.45, 2.75) is 4.90 Å². The molecule has 0 atom stereocenters. The number of benzene rings is 3. The number of amides is 1. The summed E-state index contributed by atoms with van der Waals surface area (Å²) in [5.41, 5.74) is 4.66. The van der Waals surface area contributed by atoms with E-state index in [1.165, 1.54) is 0 Å². The van der Waals surface area contributed by atoms with Crippen LogP contribution in [0.1, 0.15) is 21.5 Å². The molecule has 0 spiro atoms. The van der Waals surface area contributed by atoms with Gasteiger partial charge in [-0.05, 0) is 36.1 Å². The first-order chi connectivity index (χ1) is 12.3. The molecule has 1 amide bonds. The van der Waals surface area contributed by atoms with Crippen molar-refractivity contribution in [3.05, 3.63) is 95.6 Å². The Morgan fingerprint density at radius 3 is 2.20 bits per heavy atom. The highest BCUT2D eigenvalue weighted by atomic mass is 32.2. The Kier molecular flexibility index (Phi) is 4.16. The Labute approximate surface area is 151 Å². The number of fused-ring (bicyclic) bond motifs is 1. The summed E-state index contributed by atoms with van der Waals surface area (Å²) in [7, 11) is 0. The minimum absolute atomic E-state index is 0.0271. The van der Waals surface area contributed by atoms with Gasteiger partial charge in [-0.15, -0.1) is 11.8 Å². The third-order valence-electron chi connectivity index (χ3n) is 4.31. The third-order valence-corrected chi connectivity index (χ3v) is 5.09. The Hall–Kier alpha value is -2.78. The maximum atomic E-state index is 13.1. The minimum Gasteiger partial charge on any atom is -0.275 e. The monoisotopic (exact) mass is 343 g/mol. The van der Waals surface area contributed by atoms with Crippen molar-refractivity contribution < 1.29 is 4.79 Å². The Morgan fingerprint density at radius 1 is 0.800 bits per heavy atom. The molecule has 0 aliphatic carbocycles. The number of thioether (sulfide) groups is 1.